The fourth-order valence-corrected chi connectivity index (χ4v) is 5.04. The van der Waals surface area contributed by atoms with Crippen LogP contribution in [0.25, 0.3) is 5.69 Å². The lowest BCUT2D eigenvalue weighted by atomic mass is 10.1. The maximum atomic E-state index is 13.6. The third kappa shape index (κ3) is 4.40. The molecule has 3 aromatic rings. The van der Waals surface area contributed by atoms with Gasteiger partial charge < -0.3 is 15.1 Å². The number of nitrogens with one attached hydrogen (secondary N) is 1. The Bertz CT molecular complexity index is 1240. The number of para-hydroxylation sites is 1. The van der Waals surface area contributed by atoms with Crippen LogP contribution in [0.3, 0.4) is 0 Å². The van der Waals surface area contributed by atoms with Crippen molar-refractivity contribution >= 4 is 29.2 Å². The molecule has 1 aromatic heterocycles. The summed E-state index contributed by atoms with van der Waals surface area (Å²) in [5, 5.41) is 8.28. The third-order valence-corrected chi connectivity index (χ3v) is 6.86. The van der Waals surface area contributed by atoms with Gasteiger partial charge in [-0.25, -0.2) is 9.48 Å². The first-order chi connectivity index (χ1) is 16.5. The van der Waals surface area contributed by atoms with Gasteiger partial charge in [0.1, 0.15) is 0 Å². The fraction of sp³-hybridized carbons (Fsp3) is 0.346. The van der Waals surface area contributed by atoms with E-state index in [2.05, 4.69) is 24.4 Å². The molecule has 3 amide bonds. The second-order valence-electron chi connectivity index (χ2n) is 8.90. The molecule has 1 N–H and O–H groups in total. The Morgan fingerprint density at radius 2 is 1.74 bits per heavy atom. The minimum absolute atomic E-state index is 0.0393. The topological polar surface area (TPSA) is 70.5 Å². The normalized spacial score (nSPS) is 15.7. The Labute approximate surface area is 204 Å². The highest BCUT2D eigenvalue weighted by Crippen LogP contribution is 2.29. The van der Waals surface area contributed by atoms with Gasteiger partial charge in [0.25, 0.3) is 5.91 Å². The van der Waals surface area contributed by atoms with Crippen LogP contribution in [0.2, 0.25) is 5.02 Å². The van der Waals surface area contributed by atoms with E-state index in [1.165, 1.54) is 0 Å². The Morgan fingerprint density at radius 3 is 2.56 bits per heavy atom. The number of carbonyl (C=O) groups excluding carboxylic acids is 2. The molecule has 1 aliphatic carbocycles. The van der Waals surface area contributed by atoms with E-state index < -0.39 is 0 Å². The highest BCUT2D eigenvalue weighted by atomic mass is 35.5. The zero-order valence-corrected chi connectivity index (χ0v) is 20.0. The molecule has 1 fully saturated rings. The highest BCUT2D eigenvalue weighted by molar-refractivity contribution is 6.30. The summed E-state index contributed by atoms with van der Waals surface area (Å²) in [6.07, 6.45) is 3.57. The molecule has 7 nitrogen and oxygen atoms in total. The first-order valence-corrected chi connectivity index (χ1v) is 12.2. The average Bonchev–Trinajstić information content (AvgIpc) is 3.34. The lowest BCUT2D eigenvalue weighted by Crippen LogP contribution is -2.39. The van der Waals surface area contributed by atoms with Crippen molar-refractivity contribution in [1.82, 2.24) is 19.6 Å². The third-order valence-electron chi connectivity index (χ3n) is 6.62. The number of carbonyl (C=O) groups is 2. The Kier molecular flexibility index (Phi) is 6.28. The number of aryl methyl sites for hydroxylation is 1. The number of rotatable bonds is 3. The molecule has 0 atom stereocenters. The maximum absolute atomic E-state index is 13.6. The SMILES string of the molecule is Cc1ccccc1-n1nc(C(=O)N2CCCN(C(=O)Nc3cccc(Cl)c3)CC2)c2c1CCC2. The Hall–Kier alpha value is -3.32. The van der Waals surface area contributed by atoms with Gasteiger partial charge in [-0.1, -0.05) is 35.9 Å². The van der Waals surface area contributed by atoms with Gasteiger partial charge in [0.2, 0.25) is 0 Å². The molecule has 1 saturated heterocycles. The summed E-state index contributed by atoms with van der Waals surface area (Å²) < 4.78 is 1.97. The molecular weight excluding hydrogens is 450 g/mol. The summed E-state index contributed by atoms with van der Waals surface area (Å²) in [4.78, 5) is 29.9. The number of hydrogen-bond donors (Lipinski definition) is 1. The first-order valence-electron chi connectivity index (χ1n) is 11.8. The van der Waals surface area contributed by atoms with E-state index in [1.54, 1.807) is 23.1 Å². The molecule has 0 spiro atoms. The number of benzene rings is 2. The molecule has 0 unspecified atom stereocenters. The van der Waals surface area contributed by atoms with Crippen LogP contribution in [0.1, 0.15) is 40.2 Å². The summed E-state index contributed by atoms with van der Waals surface area (Å²) in [5.74, 6) is -0.0393. The molecule has 0 radical (unpaired) electrons. The number of hydrogen-bond acceptors (Lipinski definition) is 3. The Morgan fingerprint density at radius 1 is 0.941 bits per heavy atom. The summed E-state index contributed by atoms with van der Waals surface area (Å²) in [6, 6.07) is 15.1. The summed E-state index contributed by atoms with van der Waals surface area (Å²) in [7, 11) is 0. The van der Waals surface area contributed by atoms with E-state index in [1.807, 2.05) is 27.8 Å². The number of amides is 3. The largest absolute Gasteiger partial charge is 0.335 e. The number of nitrogens with zero attached hydrogens (tertiary/aromatic N) is 4. The van der Waals surface area contributed by atoms with Crippen LogP contribution in [0.15, 0.2) is 48.5 Å². The van der Waals surface area contributed by atoms with Crippen LogP contribution in [0, 0.1) is 6.92 Å². The molecule has 176 valence electrons. The fourth-order valence-electron chi connectivity index (χ4n) is 4.85. The summed E-state index contributed by atoms with van der Waals surface area (Å²) in [6.45, 7) is 4.21. The highest BCUT2D eigenvalue weighted by Gasteiger charge is 2.31. The monoisotopic (exact) mass is 477 g/mol. The van der Waals surface area contributed by atoms with Gasteiger partial charge in [0, 0.05) is 48.1 Å². The van der Waals surface area contributed by atoms with Crippen molar-refractivity contribution < 1.29 is 9.59 Å². The predicted molar refractivity (Wildman–Crippen MR) is 133 cm³/mol. The molecule has 34 heavy (non-hydrogen) atoms. The van der Waals surface area contributed by atoms with Crippen LogP contribution < -0.4 is 5.32 Å². The van der Waals surface area contributed by atoms with Crippen LogP contribution in [-0.4, -0.2) is 57.7 Å². The van der Waals surface area contributed by atoms with E-state index >= 15 is 0 Å². The van der Waals surface area contributed by atoms with Gasteiger partial charge in [-0.3, -0.25) is 4.79 Å². The quantitative estimate of drug-likeness (QED) is 0.594. The number of aromatic nitrogens is 2. The molecule has 8 heteroatoms. The van der Waals surface area contributed by atoms with Gasteiger partial charge in [-0.15, -0.1) is 0 Å². The van der Waals surface area contributed by atoms with E-state index in [0.717, 1.165) is 48.2 Å². The molecule has 0 saturated carbocycles. The molecule has 1 aliphatic heterocycles. The van der Waals surface area contributed by atoms with E-state index in [-0.39, 0.29) is 11.9 Å². The first kappa shape index (κ1) is 22.5. The van der Waals surface area contributed by atoms with E-state index in [0.29, 0.717) is 42.6 Å². The van der Waals surface area contributed by atoms with Crippen molar-refractivity contribution in [2.24, 2.45) is 0 Å². The van der Waals surface area contributed by atoms with Crippen molar-refractivity contribution in [3.8, 4) is 5.69 Å². The van der Waals surface area contributed by atoms with Gasteiger partial charge >= 0.3 is 6.03 Å². The van der Waals surface area contributed by atoms with Crippen LogP contribution in [-0.2, 0) is 12.8 Å². The van der Waals surface area contributed by atoms with Crippen LogP contribution in [0.4, 0.5) is 10.5 Å². The number of urea groups is 1. The molecule has 2 aliphatic rings. The van der Waals surface area contributed by atoms with Crippen molar-refractivity contribution in [3.63, 3.8) is 0 Å². The van der Waals surface area contributed by atoms with Gasteiger partial charge in [0.05, 0.1) is 5.69 Å². The number of anilines is 1. The molecule has 2 aromatic carbocycles. The zero-order valence-electron chi connectivity index (χ0n) is 19.3. The van der Waals surface area contributed by atoms with Gasteiger partial charge in [-0.2, -0.15) is 5.10 Å². The van der Waals surface area contributed by atoms with Crippen molar-refractivity contribution in [3.05, 3.63) is 76.1 Å². The summed E-state index contributed by atoms with van der Waals surface area (Å²) in [5.41, 5.74) is 5.61. The van der Waals surface area contributed by atoms with Gasteiger partial charge in [0.15, 0.2) is 5.69 Å². The van der Waals surface area contributed by atoms with Crippen LogP contribution >= 0.6 is 11.6 Å². The minimum Gasteiger partial charge on any atom is -0.335 e. The molecule has 0 bridgehead atoms. The van der Waals surface area contributed by atoms with Crippen molar-refractivity contribution in [2.75, 3.05) is 31.5 Å². The van der Waals surface area contributed by atoms with Crippen molar-refractivity contribution in [1.29, 1.82) is 0 Å². The van der Waals surface area contributed by atoms with E-state index in [4.69, 9.17) is 16.7 Å². The second-order valence-corrected chi connectivity index (χ2v) is 9.34. The Balaban J connectivity index is 1.31. The smallest absolute Gasteiger partial charge is 0.321 e. The zero-order chi connectivity index (χ0) is 23.7. The average molecular weight is 478 g/mol. The molecular formula is C26H28ClN5O2. The standard InChI is InChI=1S/C26H28ClN5O2/c1-18-7-2-3-11-22(18)32-23-12-5-10-21(23)24(29-32)25(33)30-13-6-14-31(16-15-30)26(34)28-20-9-4-8-19(27)17-20/h2-4,7-9,11,17H,5-6,10,12-16H2,1H3,(H,28,34). The number of fused-ring (bicyclic) bond motifs is 1. The summed E-state index contributed by atoms with van der Waals surface area (Å²) >= 11 is 6.03. The predicted octanol–water partition coefficient (Wildman–Crippen LogP) is 4.70. The maximum Gasteiger partial charge on any atom is 0.321 e. The van der Waals surface area contributed by atoms with Crippen LogP contribution in [0.5, 0.6) is 0 Å². The van der Waals surface area contributed by atoms with E-state index in [9.17, 15) is 9.59 Å². The lowest BCUT2D eigenvalue weighted by Gasteiger charge is -2.22. The molecule has 2 heterocycles. The van der Waals surface area contributed by atoms with Gasteiger partial charge in [-0.05, 0) is 62.4 Å². The lowest BCUT2D eigenvalue weighted by molar-refractivity contribution is 0.0755. The molecule has 5 rings (SSSR count). The number of halogens is 1. The minimum atomic E-state index is -0.179. The second kappa shape index (κ2) is 9.50. The van der Waals surface area contributed by atoms with Crippen molar-refractivity contribution in [2.45, 2.75) is 32.6 Å².